The van der Waals surface area contributed by atoms with E-state index in [1.807, 2.05) is 35.1 Å². The summed E-state index contributed by atoms with van der Waals surface area (Å²) in [4.78, 5) is 0. The van der Waals surface area contributed by atoms with E-state index in [9.17, 15) is 0 Å². The number of benzene rings is 1. The van der Waals surface area contributed by atoms with E-state index in [4.69, 9.17) is 5.26 Å². The minimum absolute atomic E-state index is 0.690. The summed E-state index contributed by atoms with van der Waals surface area (Å²) in [5.41, 5.74) is 4.45. The van der Waals surface area contributed by atoms with Gasteiger partial charge in [0, 0.05) is 5.69 Å². The Balaban J connectivity index is 2.03. The predicted octanol–water partition coefficient (Wildman–Crippen LogP) is 2.62. The van der Waals surface area contributed by atoms with Crippen LogP contribution in [0.25, 0.3) is 5.69 Å². The highest BCUT2D eigenvalue weighted by Gasteiger charge is 2.15. The van der Waals surface area contributed by atoms with Gasteiger partial charge in [-0.05, 0) is 55.5 Å². The van der Waals surface area contributed by atoms with Crippen molar-refractivity contribution in [2.24, 2.45) is 0 Å². The molecule has 0 atom stereocenters. The van der Waals surface area contributed by atoms with Crippen molar-refractivity contribution in [2.75, 3.05) is 0 Å². The smallest absolute Gasteiger partial charge is 0.0991 e. The molecule has 2 aromatic rings. The maximum atomic E-state index is 8.78. The van der Waals surface area contributed by atoms with Crippen LogP contribution < -0.4 is 0 Å². The highest BCUT2D eigenvalue weighted by molar-refractivity contribution is 5.41. The SMILES string of the molecule is N#Cc1ccc(-n2ncc3c2CCCC3)cc1. The van der Waals surface area contributed by atoms with Gasteiger partial charge in [0.1, 0.15) is 0 Å². The number of fused-ring (bicyclic) bond motifs is 1. The first-order valence-corrected chi connectivity index (χ1v) is 5.95. The van der Waals surface area contributed by atoms with Crippen molar-refractivity contribution < 1.29 is 0 Å². The Morgan fingerprint density at radius 2 is 1.88 bits per heavy atom. The first-order valence-electron chi connectivity index (χ1n) is 5.95. The molecule has 17 heavy (non-hydrogen) atoms. The fraction of sp³-hybridized carbons (Fsp3) is 0.286. The summed E-state index contributed by atoms with van der Waals surface area (Å²) in [6, 6.07) is 9.73. The molecule has 0 spiro atoms. The Kier molecular flexibility index (Phi) is 2.41. The van der Waals surface area contributed by atoms with Crippen LogP contribution in [0.4, 0.5) is 0 Å². The third kappa shape index (κ3) is 1.72. The Morgan fingerprint density at radius 3 is 2.65 bits per heavy atom. The van der Waals surface area contributed by atoms with Gasteiger partial charge in [-0.15, -0.1) is 0 Å². The van der Waals surface area contributed by atoms with E-state index in [0.29, 0.717) is 5.56 Å². The molecule has 3 rings (SSSR count). The number of aryl methyl sites for hydroxylation is 1. The normalized spacial score (nSPS) is 14.1. The number of hydrogen-bond acceptors (Lipinski definition) is 2. The first-order chi connectivity index (χ1) is 8.38. The van der Waals surface area contributed by atoms with Gasteiger partial charge in [0.05, 0.1) is 23.5 Å². The summed E-state index contributed by atoms with van der Waals surface area (Å²) in [6.07, 6.45) is 6.74. The first kappa shape index (κ1) is 10.1. The predicted molar refractivity (Wildman–Crippen MR) is 64.9 cm³/mol. The lowest BCUT2D eigenvalue weighted by Crippen LogP contribution is -2.07. The second kappa shape index (κ2) is 4.06. The van der Waals surface area contributed by atoms with Gasteiger partial charge in [-0.2, -0.15) is 10.4 Å². The Bertz CT molecular complexity index is 573. The zero-order valence-corrected chi connectivity index (χ0v) is 9.56. The Morgan fingerprint density at radius 1 is 1.12 bits per heavy atom. The molecule has 0 N–H and O–H groups in total. The van der Waals surface area contributed by atoms with Crippen LogP contribution in [-0.4, -0.2) is 9.78 Å². The molecule has 1 aromatic heterocycles. The Labute approximate surface area is 100 Å². The molecule has 1 aliphatic carbocycles. The number of hydrogen-bond donors (Lipinski definition) is 0. The van der Waals surface area contributed by atoms with E-state index < -0.39 is 0 Å². The molecular formula is C14H13N3. The number of aromatic nitrogens is 2. The third-order valence-corrected chi connectivity index (χ3v) is 3.31. The van der Waals surface area contributed by atoms with Crippen LogP contribution >= 0.6 is 0 Å². The zero-order valence-electron chi connectivity index (χ0n) is 9.56. The molecule has 3 nitrogen and oxygen atoms in total. The lowest BCUT2D eigenvalue weighted by atomic mass is 9.98. The van der Waals surface area contributed by atoms with Crippen LogP contribution in [0, 0.1) is 11.3 Å². The molecule has 84 valence electrons. The van der Waals surface area contributed by atoms with Gasteiger partial charge >= 0.3 is 0 Å². The fourth-order valence-electron chi connectivity index (χ4n) is 2.39. The summed E-state index contributed by atoms with van der Waals surface area (Å²) in [5, 5.41) is 13.2. The van der Waals surface area contributed by atoms with Crippen LogP contribution in [0.2, 0.25) is 0 Å². The molecule has 0 fully saturated rings. The minimum atomic E-state index is 0.690. The van der Waals surface area contributed by atoms with Gasteiger partial charge in [0.25, 0.3) is 0 Å². The molecule has 0 aliphatic heterocycles. The molecule has 1 aliphatic rings. The second-order valence-corrected chi connectivity index (χ2v) is 4.39. The van der Waals surface area contributed by atoms with E-state index in [1.165, 1.54) is 24.1 Å². The van der Waals surface area contributed by atoms with Crippen molar-refractivity contribution in [2.45, 2.75) is 25.7 Å². The summed E-state index contributed by atoms with van der Waals surface area (Å²) < 4.78 is 2.01. The van der Waals surface area contributed by atoms with Crippen LogP contribution in [-0.2, 0) is 12.8 Å². The molecule has 0 bridgehead atoms. The van der Waals surface area contributed by atoms with Gasteiger partial charge in [0.15, 0.2) is 0 Å². The van der Waals surface area contributed by atoms with Gasteiger partial charge in [0.2, 0.25) is 0 Å². The highest BCUT2D eigenvalue weighted by atomic mass is 15.3. The van der Waals surface area contributed by atoms with E-state index in [1.54, 1.807) is 0 Å². The summed E-state index contributed by atoms with van der Waals surface area (Å²) in [7, 11) is 0. The van der Waals surface area contributed by atoms with Gasteiger partial charge in [-0.1, -0.05) is 0 Å². The lowest BCUT2D eigenvalue weighted by molar-refractivity contribution is 0.653. The summed E-state index contributed by atoms with van der Waals surface area (Å²) >= 11 is 0. The van der Waals surface area contributed by atoms with Gasteiger partial charge < -0.3 is 0 Å². The van der Waals surface area contributed by atoms with Crippen molar-refractivity contribution in [1.29, 1.82) is 5.26 Å². The third-order valence-electron chi connectivity index (χ3n) is 3.31. The van der Waals surface area contributed by atoms with Crippen molar-refractivity contribution in [3.63, 3.8) is 0 Å². The van der Waals surface area contributed by atoms with E-state index in [2.05, 4.69) is 11.2 Å². The topological polar surface area (TPSA) is 41.6 Å². The highest BCUT2D eigenvalue weighted by Crippen LogP contribution is 2.23. The maximum Gasteiger partial charge on any atom is 0.0991 e. The van der Waals surface area contributed by atoms with E-state index in [0.717, 1.165) is 18.5 Å². The molecule has 0 amide bonds. The largest absolute Gasteiger partial charge is 0.238 e. The van der Waals surface area contributed by atoms with Crippen LogP contribution in [0.15, 0.2) is 30.5 Å². The van der Waals surface area contributed by atoms with Crippen molar-refractivity contribution >= 4 is 0 Å². The summed E-state index contributed by atoms with van der Waals surface area (Å²) in [6.45, 7) is 0. The standard InChI is InChI=1S/C14H13N3/c15-9-11-5-7-13(8-6-11)17-14-4-2-1-3-12(14)10-16-17/h5-8,10H,1-4H2. The average Bonchev–Trinajstić information content (AvgIpc) is 2.83. The number of rotatable bonds is 1. The van der Waals surface area contributed by atoms with Crippen molar-refractivity contribution in [1.82, 2.24) is 9.78 Å². The molecule has 3 heteroatoms. The monoisotopic (exact) mass is 223 g/mol. The van der Waals surface area contributed by atoms with Crippen LogP contribution in [0.5, 0.6) is 0 Å². The molecular weight excluding hydrogens is 210 g/mol. The minimum Gasteiger partial charge on any atom is -0.238 e. The summed E-state index contributed by atoms with van der Waals surface area (Å²) in [5.74, 6) is 0. The van der Waals surface area contributed by atoms with Crippen LogP contribution in [0.1, 0.15) is 29.7 Å². The van der Waals surface area contributed by atoms with Crippen molar-refractivity contribution in [3.05, 3.63) is 47.3 Å². The van der Waals surface area contributed by atoms with Gasteiger partial charge in [-0.3, -0.25) is 0 Å². The maximum absolute atomic E-state index is 8.78. The molecule has 1 heterocycles. The second-order valence-electron chi connectivity index (χ2n) is 4.39. The molecule has 0 radical (unpaired) electrons. The van der Waals surface area contributed by atoms with Crippen molar-refractivity contribution in [3.8, 4) is 11.8 Å². The zero-order chi connectivity index (χ0) is 11.7. The molecule has 0 saturated heterocycles. The van der Waals surface area contributed by atoms with Gasteiger partial charge in [-0.25, -0.2) is 4.68 Å². The number of nitrogens with zero attached hydrogens (tertiary/aromatic N) is 3. The lowest BCUT2D eigenvalue weighted by Gasteiger charge is -2.13. The van der Waals surface area contributed by atoms with E-state index in [-0.39, 0.29) is 0 Å². The average molecular weight is 223 g/mol. The van der Waals surface area contributed by atoms with E-state index >= 15 is 0 Å². The van der Waals surface area contributed by atoms with Crippen LogP contribution in [0.3, 0.4) is 0 Å². The molecule has 0 unspecified atom stereocenters. The number of nitriles is 1. The Hall–Kier alpha value is -2.08. The molecule has 1 aromatic carbocycles. The molecule has 0 saturated carbocycles. The quantitative estimate of drug-likeness (QED) is 0.745. The fourth-order valence-corrected chi connectivity index (χ4v) is 2.39.